The summed E-state index contributed by atoms with van der Waals surface area (Å²) >= 11 is 1.77. The van der Waals surface area contributed by atoms with Crippen LogP contribution in [0.5, 0.6) is 0 Å². The molecule has 1 heterocycles. The number of nitrogens with one attached hydrogen (secondary N) is 1. The summed E-state index contributed by atoms with van der Waals surface area (Å²) in [5.41, 5.74) is 1.15. The molecule has 1 N–H and O–H groups in total. The first kappa shape index (κ1) is 13.0. The van der Waals surface area contributed by atoms with Crippen LogP contribution in [0.25, 0.3) is 0 Å². The SMILES string of the molecule is Cc1csc(CNC2CCCC(C(C)C)C2)n1. The van der Waals surface area contributed by atoms with Gasteiger partial charge in [0.15, 0.2) is 0 Å². The fourth-order valence-electron chi connectivity index (χ4n) is 2.73. The lowest BCUT2D eigenvalue weighted by molar-refractivity contribution is 0.231. The van der Waals surface area contributed by atoms with Crippen LogP contribution in [-0.2, 0) is 6.54 Å². The van der Waals surface area contributed by atoms with E-state index in [1.54, 1.807) is 11.3 Å². The number of thiazole rings is 1. The van der Waals surface area contributed by atoms with Crippen molar-refractivity contribution in [1.29, 1.82) is 0 Å². The van der Waals surface area contributed by atoms with E-state index in [1.165, 1.54) is 30.7 Å². The molecule has 0 radical (unpaired) electrons. The van der Waals surface area contributed by atoms with Crippen LogP contribution in [0.3, 0.4) is 0 Å². The zero-order chi connectivity index (χ0) is 12.3. The van der Waals surface area contributed by atoms with Gasteiger partial charge in [-0.1, -0.05) is 26.7 Å². The lowest BCUT2D eigenvalue weighted by atomic mass is 9.79. The van der Waals surface area contributed by atoms with E-state index in [0.717, 1.165) is 24.1 Å². The molecule has 1 aromatic rings. The van der Waals surface area contributed by atoms with Gasteiger partial charge >= 0.3 is 0 Å². The van der Waals surface area contributed by atoms with Crippen molar-refractivity contribution in [1.82, 2.24) is 10.3 Å². The van der Waals surface area contributed by atoms with Gasteiger partial charge < -0.3 is 5.32 Å². The van der Waals surface area contributed by atoms with Gasteiger partial charge in [-0.2, -0.15) is 0 Å². The molecule has 17 heavy (non-hydrogen) atoms. The van der Waals surface area contributed by atoms with Gasteiger partial charge in [-0.15, -0.1) is 11.3 Å². The standard InChI is InChI=1S/C14H24N2S/c1-10(2)12-5-4-6-13(7-12)15-8-14-16-11(3)9-17-14/h9-10,12-13,15H,4-8H2,1-3H3. The second-order valence-corrected chi connectivity index (χ2v) is 6.57. The van der Waals surface area contributed by atoms with Crippen molar-refractivity contribution in [2.45, 2.75) is 59.0 Å². The molecule has 1 aliphatic carbocycles. The van der Waals surface area contributed by atoms with Crippen molar-refractivity contribution in [2.75, 3.05) is 0 Å². The molecular weight excluding hydrogens is 228 g/mol. The molecule has 2 nitrogen and oxygen atoms in total. The molecule has 0 amide bonds. The number of rotatable bonds is 4. The van der Waals surface area contributed by atoms with Crippen molar-refractivity contribution in [2.24, 2.45) is 11.8 Å². The monoisotopic (exact) mass is 252 g/mol. The number of aryl methyl sites for hydroxylation is 1. The van der Waals surface area contributed by atoms with Crippen LogP contribution in [0.15, 0.2) is 5.38 Å². The highest BCUT2D eigenvalue weighted by Gasteiger charge is 2.23. The van der Waals surface area contributed by atoms with Crippen LogP contribution in [0.4, 0.5) is 0 Å². The highest BCUT2D eigenvalue weighted by Crippen LogP contribution is 2.30. The first-order valence-electron chi connectivity index (χ1n) is 6.79. The average molecular weight is 252 g/mol. The predicted molar refractivity (Wildman–Crippen MR) is 74.3 cm³/mol. The molecule has 1 aliphatic rings. The summed E-state index contributed by atoms with van der Waals surface area (Å²) in [6.07, 6.45) is 5.50. The Bertz CT molecular complexity index is 346. The van der Waals surface area contributed by atoms with Gasteiger partial charge in [0.2, 0.25) is 0 Å². The third-order valence-corrected chi connectivity index (χ3v) is 4.83. The van der Waals surface area contributed by atoms with Crippen molar-refractivity contribution in [3.63, 3.8) is 0 Å². The third-order valence-electron chi connectivity index (χ3n) is 3.87. The van der Waals surface area contributed by atoms with E-state index < -0.39 is 0 Å². The molecule has 0 saturated heterocycles. The van der Waals surface area contributed by atoms with Crippen molar-refractivity contribution in [3.05, 3.63) is 16.1 Å². The highest BCUT2D eigenvalue weighted by atomic mass is 32.1. The van der Waals surface area contributed by atoms with Gasteiger partial charge in [0.1, 0.15) is 5.01 Å². The Kier molecular flexibility index (Phi) is 4.57. The van der Waals surface area contributed by atoms with E-state index in [9.17, 15) is 0 Å². The van der Waals surface area contributed by atoms with E-state index in [4.69, 9.17) is 0 Å². The van der Waals surface area contributed by atoms with E-state index in [0.29, 0.717) is 6.04 Å². The second kappa shape index (κ2) is 5.96. The average Bonchev–Trinajstić information content (AvgIpc) is 2.73. The van der Waals surface area contributed by atoms with Crippen molar-refractivity contribution >= 4 is 11.3 Å². The van der Waals surface area contributed by atoms with E-state index >= 15 is 0 Å². The van der Waals surface area contributed by atoms with Crippen LogP contribution in [0, 0.1) is 18.8 Å². The van der Waals surface area contributed by atoms with Gasteiger partial charge in [0.05, 0.1) is 0 Å². The molecule has 0 aromatic carbocycles. The highest BCUT2D eigenvalue weighted by molar-refractivity contribution is 7.09. The number of aromatic nitrogens is 1. The lowest BCUT2D eigenvalue weighted by Gasteiger charge is -2.32. The van der Waals surface area contributed by atoms with Gasteiger partial charge in [-0.3, -0.25) is 0 Å². The maximum Gasteiger partial charge on any atom is 0.107 e. The summed E-state index contributed by atoms with van der Waals surface area (Å²) in [4.78, 5) is 4.51. The maximum absolute atomic E-state index is 4.51. The van der Waals surface area contributed by atoms with Crippen molar-refractivity contribution in [3.8, 4) is 0 Å². The fraction of sp³-hybridized carbons (Fsp3) is 0.786. The molecule has 2 rings (SSSR count). The zero-order valence-electron chi connectivity index (χ0n) is 11.2. The van der Waals surface area contributed by atoms with Gasteiger partial charge in [-0.25, -0.2) is 4.98 Å². The van der Waals surface area contributed by atoms with E-state index in [-0.39, 0.29) is 0 Å². The molecule has 3 heteroatoms. The number of hydrogen-bond acceptors (Lipinski definition) is 3. The normalized spacial score (nSPS) is 25.4. The molecule has 2 atom stereocenters. The van der Waals surface area contributed by atoms with Crippen LogP contribution in [0.1, 0.15) is 50.2 Å². The Morgan fingerprint density at radius 3 is 2.94 bits per heavy atom. The Morgan fingerprint density at radius 2 is 2.29 bits per heavy atom. The molecule has 1 aromatic heterocycles. The first-order valence-corrected chi connectivity index (χ1v) is 7.67. The minimum absolute atomic E-state index is 0.709. The zero-order valence-corrected chi connectivity index (χ0v) is 12.0. The van der Waals surface area contributed by atoms with E-state index in [2.05, 4.69) is 36.5 Å². The molecule has 1 fully saturated rings. The molecule has 0 bridgehead atoms. The van der Waals surface area contributed by atoms with Gasteiger partial charge in [0.25, 0.3) is 0 Å². The smallest absolute Gasteiger partial charge is 0.107 e. The Hall–Kier alpha value is -0.410. The number of nitrogens with zero attached hydrogens (tertiary/aromatic N) is 1. The number of hydrogen-bond donors (Lipinski definition) is 1. The largest absolute Gasteiger partial charge is 0.308 e. The van der Waals surface area contributed by atoms with Gasteiger partial charge in [-0.05, 0) is 31.6 Å². The Morgan fingerprint density at radius 1 is 1.47 bits per heavy atom. The summed E-state index contributed by atoms with van der Waals surface area (Å²) in [5.74, 6) is 1.75. The lowest BCUT2D eigenvalue weighted by Crippen LogP contribution is -2.35. The predicted octanol–water partition coefficient (Wildman–Crippen LogP) is 3.76. The summed E-state index contributed by atoms with van der Waals surface area (Å²) < 4.78 is 0. The fourth-order valence-corrected chi connectivity index (χ4v) is 3.46. The Balaban J connectivity index is 1.79. The quantitative estimate of drug-likeness (QED) is 0.882. The third kappa shape index (κ3) is 3.78. The van der Waals surface area contributed by atoms with Crippen LogP contribution >= 0.6 is 11.3 Å². The maximum atomic E-state index is 4.51. The molecule has 2 unspecified atom stereocenters. The molecule has 96 valence electrons. The minimum atomic E-state index is 0.709. The molecule has 0 spiro atoms. The van der Waals surface area contributed by atoms with Crippen molar-refractivity contribution < 1.29 is 0 Å². The summed E-state index contributed by atoms with van der Waals surface area (Å²) in [6.45, 7) is 7.73. The molecule has 0 aliphatic heterocycles. The van der Waals surface area contributed by atoms with Crippen LogP contribution in [0.2, 0.25) is 0 Å². The Labute approximate surface area is 109 Å². The van der Waals surface area contributed by atoms with E-state index in [1.807, 2.05) is 0 Å². The van der Waals surface area contributed by atoms with Gasteiger partial charge in [0, 0.05) is 23.7 Å². The molecular formula is C14H24N2S. The first-order chi connectivity index (χ1) is 8.15. The minimum Gasteiger partial charge on any atom is -0.308 e. The van der Waals surface area contributed by atoms with Crippen LogP contribution < -0.4 is 5.32 Å². The summed E-state index contributed by atoms with van der Waals surface area (Å²) in [5, 5.41) is 7.05. The second-order valence-electron chi connectivity index (χ2n) is 5.63. The summed E-state index contributed by atoms with van der Waals surface area (Å²) in [6, 6.07) is 0.709. The molecule has 1 saturated carbocycles. The summed E-state index contributed by atoms with van der Waals surface area (Å²) in [7, 11) is 0. The topological polar surface area (TPSA) is 24.9 Å². The van der Waals surface area contributed by atoms with Crippen LogP contribution in [-0.4, -0.2) is 11.0 Å².